The second kappa shape index (κ2) is 7.95. The fourth-order valence-corrected chi connectivity index (χ4v) is 2.45. The molecule has 0 aliphatic rings. The highest BCUT2D eigenvalue weighted by molar-refractivity contribution is 6.07. The van der Waals surface area contributed by atoms with Gasteiger partial charge in [0.05, 0.1) is 11.1 Å². The Labute approximate surface area is 158 Å². The van der Waals surface area contributed by atoms with Crippen LogP contribution in [-0.2, 0) is 12.7 Å². The lowest BCUT2D eigenvalue weighted by atomic mass is 10.1. The Bertz CT molecular complexity index is 975. The molecule has 0 spiro atoms. The summed E-state index contributed by atoms with van der Waals surface area (Å²) >= 11 is 0. The van der Waals surface area contributed by atoms with Crippen molar-refractivity contribution >= 4 is 17.4 Å². The normalized spacial score (nSPS) is 11.1. The summed E-state index contributed by atoms with van der Waals surface area (Å²) in [5, 5.41) is 16.5. The summed E-state index contributed by atoms with van der Waals surface area (Å²) in [6.07, 6.45) is -0.326. The molecule has 0 atom stereocenters. The third-order valence-corrected chi connectivity index (χ3v) is 3.83. The summed E-state index contributed by atoms with van der Waals surface area (Å²) in [6, 6.07) is 10.7. The maximum Gasteiger partial charge on any atom is 0.416 e. The number of carbonyl (C=O) groups is 1. The number of anilines is 2. The van der Waals surface area contributed by atoms with Crippen LogP contribution < -0.4 is 15.4 Å². The first-order chi connectivity index (χ1) is 13.3. The van der Waals surface area contributed by atoms with Crippen LogP contribution in [0.15, 0.2) is 67.1 Å². The zero-order valence-corrected chi connectivity index (χ0v) is 14.4. The van der Waals surface area contributed by atoms with Crippen molar-refractivity contribution in [1.82, 2.24) is 4.98 Å². The average molecular weight is 388 g/mol. The smallest absolute Gasteiger partial charge is 0.416 e. The third kappa shape index (κ3) is 4.76. The number of alkyl halides is 3. The number of benzene rings is 1. The lowest BCUT2D eigenvalue weighted by Crippen LogP contribution is -2.24. The number of amides is 1. The molecular weight excluding hydrogens is 373 g/mol. The molecule has 2 aromatic heterocycles. The summed E-state index contributed by atoms with van der Waals surface area (Å²) in [4.78, 5) is 16.6. The molecule has 1 aromatic carbocycles. The van der Waals surface area contributed by atoms with E-state index < -0.39 is 17.6 Å². The summed E-state index contributed by atoms with van der Waals surface area (Å²) in [6.45, 7) is 0.307. The average Bonchev–Trinajstić information content (AvgIpc) is 2.67. The van der Waals surface area contributed by atoms with Gasteiger partial charge >= 0.3 is 6.18 Å². The van der Waals surface area contributed by atoms with Gasteiger partial charge in [0.2, 0.25) is 0 Å². The molecule has 6 nitrogen and oxygen atoms in total. The van der Waals surface area contributed by atoms with Crippen molar-refractivity contribution in [1.29, 1.82) is 0 Å². The molecule has 2 heterocycles. The quantitative estimate of drug-likeness (QED) is 0.517. The molecule has 9 heteroatoms. The molecule has 0 aliphatic heterocycles. The summed E-state index contributed by atoms with van der Waals surface area (Å²) in [5.74, 6) is -0.328. The Morgan fingerprint density at radius 1 is 1.11 bits per heavy atom. The largest absolute Gasteiger partial charge is 0.619 e. The van der Waals surface area contributed by atoms with E-state index in [2.05, 4.69) is 15.6 Å². The molecule has 2 N–H and O–H groups in total. The maximum atomic E-state index is 12.8. The minimum Gasteiger partial charge on any atom is -0.619 e. The van der Waals surface area contributed by atoms with Gasteiger partial charge < -0.3 is 15.8 Å². The van der Waals surface area contributed by atoms with E-state index >= 15 is 0 Å². The SMILES string of the molecule is O=C(Nc1cccc(C(F)(F)F)c1)c1cccnc1NCc1cc[n+]([O-])cc1. The molecule has 1 amide bonds. The summed E-state index contributed by atoms with van der Waals surface area (Å²) < 4.78 is 39.1. The summed E-state index contributed by atoms with van der Waals surface area (Å²) in [5.41, 5.74) is 0.143. The number of hydrogen-bond donors (Lipinski definition) is 2. The number of halogens is 3. The molecule has 0 bridgehead atoms. The summed E-state index contributed by atoms with van der Waals surface area (Å²) in [7, 11) is 0. The Hall–Kier alpha value is -3.62. The van der Waals surface area contributed by atoms with Crippen molar-refractivity contribution in [2.75, 3.05) is 10.6 Å². The first-order valence-corrected chi connectivity index (χ1v) is 8.18. The van der Waals surface area contributed by atoms with Crippen LogP contribution in [0.4, 0.5) is 24.7 Å². The van der Waals surface area contributed by atoms with E-state index in [4.69, 9.17) is 0 Å². The van der Waals surface area contributed by atoms with Gasteiger partial charge in [0.15, 0.2) is 12.4 Å². The van der Waals surface area contributed by atoms with Crippen LogP contribution in [0.3, 0.4) is 0 Å². The molecule has 144 valence electrons. The molecular formula is C19H15F3N4O2. The first kappa shape index (κ1) is 19.2. The van der Waals surface area contributed by atoms with Gasteiger partial charge in [-0.2, -0.15) is 17.9 Å². The zero-order chi connectivity index (χ0) is 20.1. The van der Waals surface area contributed by atoms with E-state index in [0.717, 1.165) is 17.7 Å². The Morgan fingerprint density at radius 3 is 2.57 bits per heavy atom. The number of aromatic nitrogens is 2. The van der Waals surface area contributed by atoms with Crippen LogP contribution in [-0.4, -0.2) is 10.9 Å². The van der Waals surface area contributed by atoms with E-state index in [-0.39, 0.29) is 17.1 Å². The van der Waals surface area contributed by atoms with Gasteiger partial charge in [-0.15, -0.1) is 0 Å². The second-order valence-corrected chi connectivity index (χ2v) is 5.85. The number of nitrogens with zero attached hydrogens (tertiary/aromatic N) is 2. The molecule has 0 fully saturated rings. The number of hydrogen-bond acceptors (Lipinski definition) is 4. The van der Waals surface area contributed by atoms with Crippen LogP contribution in [0.1, 0.15) is 21.5 Å². The zero-order valence-electron chi connectivity index (χ0n) is 14.4. The fraction of sp³-hybridized carbons (Fsp3) is 0.105. The van der Waals surface area contributed by atoms with Gasteiger partial charge in [0.1, 0.15) is 5.82 Å². The van der Waals surface area contributed by atoms with Gasteiger partial charge in [-0.05, 0) is 35.9 Å². The fourth-order valence-electron chi connectivity index (χ4n) is 2.45. The highest BCUT2D eigenvalue weighted by Gasteiger charge is 2.30. The van der Waals surface area contributed by atoms with Crippen molar-refractivity contribution in [2.45, 2.75) is 12.7 Å². The van der Waals surface area contributed by atoms with E-state index in [9.17, 15) is 23.2 Å². The minimum absolute atomic E-state index is 0.0256. The molecule has 0 aliphatic carbocycles. The van der Waals surface area contributed by atoms with E-state index in [1.54, 1.807) is 18.2 Å². The lowest BCUT2D eigenvalue weighted by molar-refractivity contribution is -0.605. The molecule has 0 saturated carbocycles. The molecule has 28 heavy (non-hydrogen) atoms. The van der Waals surface area contributed by atoms with Gasteiger partial charge in [0.25, 0.3) is 5.91 Å². The van der Waals surface area contributed by atoms with Crippen molar-refractivity contribution in [2.24, 2.45) is 0 Å². The monoisotopic (exact) mass is 388 g/mol. The van der Waals surface area contributed by atoms with E-state index in [1.165, 1.54) is 36.8 Å². The number of nitrogens with one attached hydrogen (secondary N) is 2. The van der Waals surface area contributed by atoms with E-state index in [1.807, 2.05) is 0 Å². The Kier molecular flexibility index (Phi) is 5.44. The number of carbonyl (C=O) groups excluding carboxylic acids is 1. The standard InChI is InChI=1S/C19H15F3N4O2/c20-19(21,22)14-3-1-4-15(11-14)25-18(27)16-5-2-8-23-17(16)24-12-13-6-9-26(28)10-7-13/h1-11H,12H2,(H,23,24)(H,25,27). The highest BCUT2D eigenvalue weighted by Crippen LogP contribution is 2.30. The molecule has 3 rings (SSSR count). The predicted molar refractivity (Wildman–Crippen MR) is 96.4 cm³/mol. The van der Waals surface area contributed by atoms with Gasteiger partial charge in [-0.1, -0.05) is 6.07 Å². The van der Waals surface area contributed by atoms with Crippen LogP contribution in [0.2, 0.25) is 0 Å². The van der Waals surface area contributed by atoms with E-state index in [0.29, 0.717) is 11.3 Å². The van der Waals surface area contributed by atoms with Crippen LogP contribution >= 0.6 is 0 Å². The number of rotatable bonds is 5. The highest BCUT2D eigenvalue weighted by atomic mass is 19.4. The van der Waals surface area contributed by atoms with Gasteiger partial charge in [-0.25, -0.2) is 4.98 Å². The Morgan fingerprint density at radius 2 is 1.86 bits per heavy atom. The third-order valence-electron chi connectivity index (χ3n) is 3.83. The van der Waals surface area contributed by atoms with Crippen molar-refractivity contribution in [3.63, 3.8) is 0 Å². The molecule has 0 radical (unpaired) electrons. The molecule has 0 unspecified atom stereocenters. The Balaban J connectivity index is 1.75. The number of pyridine rings is 2. The van der Waals surface area contributed by atoms with Gasteiger partial charge in [-0.3, -0.25) is 4.79 Å². The van der Waals surface area contributed by atoms with Crippen LogP contribution in [0.25, 0.3) is 0 Å². The predicted octanol–water partition coefficient (Wildman–Crippen LogP) is 3.60. The first-order valence-electron chi connectivity index (χ1n) is 8.18. The lowest BCUT2D eigenvalue weighted by Gasteiger charge is -2.12. The van der Waals surface area contributed by atoms with Crippen molar-refractivity contribution in [3.8, 4) is 0 Å². The van der Waals surface area contributed by atoms with Crippen molar-refractivity contribution in [3.05, 3.63) is 89.0 Å². The van der Waals surface area contributed by atoms with Crippen LogP contribution in [0.5, 0.6) is 0 Å². The molecule has 0 saturated heterocycles. The van der Waals surface area contributed by atoms with Crippen molar-refractivity contribution < 1.29 is 22.7 Å². The topological polar surface area (TPSA) is 81.0 Å². The maximum absolute atomic E-state index is 12.8. The minimum atomic E-state index is -4.50. The molecule has 3 aromatic rings. The second-order valence-electron chi connectivity index (χ2n) is 5.85. The van der Waals surface area contributed by atoms with Gasteiger partial charge in [0, 0.05) is 30.6 Å². The van der Waals surface area contributed by atoms with Crippen LogP contribution in [0, 0.1) is 5.21 Å².